The van der Waals surface area contributed by atoms with E-state index < -0.39 is 21.9 Å². The Bertz CT molecular complexity index is 567. The second kappa shape index (κ2) is 6.13. The molecular formula is C13H17NO5S. The molecule has 0 bridgehead atoms. The second-order valence-electron chi connectivity index (χ2n) is 4.68. The largest absolute Gasteiger partial charge is 0.493 e. The van der Waals surface area contributed by atoms with Crippen molar-refractivity contribution >= 4 is 21.5 Å². The molecule has 1 unspecified atom stereocenters. The third-order valence-corrected chi connectivity index (χ3v) is 4.68. The van der Waals surface area contributed by atoms with Crippen molar-refractivity contribution < 1.29 is 22.7 Å². The highest BCUT2D eigenvalue weighted by Crippen LogP contribution is 2.16. The molecule has 0 spiro atoms. The van der Waals surface area contributed by atoms with Crippen molar-refractivity contribution in [1.29, 1.82) is 0 Å². The van der Waals surface area contributed by atoms with Gasteiger partial charge >= 0.3 is 5.97 Å². The number of anilines is 1. The Balaban J connectivity index is 1.69. The first-order valence-electron chi connectivity index (χ1n) is 6.33. The van der Waals surface area contributed by atoms with Gasteiger partial charge < -0.3 is 15.2 Å². The molecule has 1 aliphatic heterocycles. The smallest absolute Gasteiger partial charge is 0.309 e. The maximum atomic E-state index is 11.5. The molecule has 6 nitrogen and oxygen atoms in total. The zero-order chi connectivity index (χ0) is 14.6. The Morgan fingerprint density at radius 1 is 1.30 bits per heavy atom. The Morgan fingerprint density at radius 3 is 2.60 bits per heavy atom. The van der Waals surface area contributed by atoms with E-state index in [0.29, 0.717) is 17.9 Å². The van der Waals surface area contributed by atoms with Gasteiger partial charge in [-0.15, -0.1) is 0 Å². The summed E-state index contributed by atoms with van der Waals surface area (Å²) in [6.45, 7) is 0.183. The molecule has 1 saturated heterocycles. The summed E-state index contributed by atoms with van der Waals surface area (Å²) in [6.07, 6.45) is -0.0441. The van der Waals surface area contributed by atoms with Gasteiger partial charge in [0.15, 0.2) is 9.84 Å². The van der Waals surface area contributed by atoms with E-state index in [1.54, 1.807) is 24.3 Å². The van der Waals surface area contributed by atoms with Gasteiger partial charge in [-0.3, -0.25) is 4.79 Å². The van der Waals surface area contributed by atoms with Crippen molar-refractivity contribution in [3.63, 3.8) is 0 Å². The van der Waals surface area contributed by atoms with Crippen molar-refractivity contribution in [3.8, 4) is 5.75 Å². The van der Waals surface area contributed by atoms with Crippen molar-refractivity contribution in [2.45, 2.75) is 18.9 Å². The number of carbonyl (C=O) groups excluding carboxylic acids is 1. The van der Waals surface area contributed by atoms with Gasteiger partial charge in [0.05, 0.1) is 24.5 Å². The third kappa shape index (κ3) is 4.41. The van der Waals surface area contributed by atoms with E-state index in [2.05, 4.69) is 0 Å². The standard InChI is InChI=1S/C13H17NO5S/c14-10-1-3-11(4-2-10)18-7-5-13(15)19-12-6-8-20(16,17)9-12/h1-4,12H,5-9,14H2. The first-order valence-corrected chi connectivity index (χ1v) is 8.15. The van der Waals surface area contributed by atoms with Gasteiger partial charge in [-0.05, 0) is 30.7 Å². The normalized spacial score (nSPS) is 20.5. The van der Waals surface area contributed by atoms with Crippen molar-refractivity contribution in [1.82, 2.24) is 0 Å². The van der Waals surface area contributed by atoms with Gasteiger partial charge in [-0.25, -0.2) is 8.42 Å². The maximum absolute atomic E-state index is 11.5. The molecule has 110 valence electrons. The predicted octanol–water partition coefficient (Wildman–Crippen LogP) is 0.768. The molecule has 1 aliphatic rings. The lowest BCUT2D eigenvalue weighted by atomic mass is 10.3. The number of nitrogen functional groups attached to an aromatic ring is 1. The lowest BCUT2D eigenvalue weighted by molar-refractivity contribution is -0.148. The number of benzene rings is 1. The highest BCUT2D eigenvalue weighted by Gasteiger charge is 2.30. The Morgan fingerprint density at radius 2 is 2.00 bits per heavy atom. The first-order chi connectivity index (χ1) is 9.44. The molecule has 1 atom stereocenters. The van der Waals surface area contributed by atoms with Crippen LogP contribution in [0, 0.1) is 0 Å². The van der Waals surface area contributed by atoms with E-state index in [1.165, 1.54) is 0 Å². The van der Waals surface area contributed by atoms with E-state index >= 15 is 0 Å². The van der Waals surface area contributed by atoms with Crippen LogP contribution < -0.4 is 10.5 Å². The first kappa shape index (κ1) is 14.6. The van der Waals surface area contributed by atoms with Crippen LogP contribution in [-0.4, -0.2) is 38.6 Å². The van der Waals surface area contributed by atoms with E-state index in [-0.39, 0.29) is 24.5 Å². The SMILES string of the molecule is Nc1ccc(OCCC(=O)OC2CCS(=O)(=O)C2)cc1. The van der Waals surface area contributed by atoms with Gasteiger partial charge in [0, 0.05) is 5.69 Å². The Kier molecular flexibility index (Phi) is 4.49. The van der Waals surface area contributed by atoms with Crippen LogP contribution in [0.1, 0.15) is 12.8 Å². The highest BCUT2D eigenvalue weighted by molar-refractivity contribution is 7.91. The van der Waals surface area contributed by atoms with Gasteiger partial charge in [0.25, 0.3) is 0 Å². The summed E-state index contributed by atoms with van der Waals surface area (Å²) < 4.78 is 32.9. The summed E-state index contributed by atoms with van der Waals surface area (Å²) in [5.74, 6) is 0.197. The van der Waals surface area contributed by atoms with Crippen LogP contribution in [0.5, 0.6) is 5.75 Å². The van der Waals surface area contributed by atoms with Gasteiger partial charge in [0.1, 0.15) is 11.9 Å². The quantitative estimate of drug-likeness (QED) is 0.637. The molecule has 1 heterocycles. The number of carbonyl (C=O) groups is 1. The molecule has 2 rings (SSSR count). The molecule has 0 aliphatic carbocycles. The Labute approximate surface area is 117 Å². The monoisotopic (exact) mass is 299 g/mol. The number of hydrogen-bond donors (Lipinski definition) is 1. The van der Waals surface area contributed by atoms with Crippen LogP contribution in [0.3, 0.4) is 0 Å². The lowest BCUT2D eigenvalue weighted by Gasteiger charge is -2.10. The topological polar surface area (TPSA) is 95.7 Å². The molecular weight excluding hydrogens is 282 g/mol. The maximum Gasteiger partial charge on any atom is 0.309 e. The number of hydrogen-bond acceptors (Lipinski definition) is 6. The molecule has 1 aromatic carbocycles. The summed E-state index contributed by atoms with van der Waals surface area (Å²) >= 11 is 0. The van der Waals surface area contributed by atoms with E-state index in [1.807, 2.05) is 0 Å². The highest BCUT2D eigenvalue weighted by atomic mass is 32.2. The minimum absolute atomic E-state index is 0.0719. The van der Waals surface area contributed by atoms with Crippen molar-refractivity contribution in [2.75, 3.05) is 23.8 Å². The molecule has 20 heavy (non-hydrogen) atoms. The van der Waals surface area contributed by atoms with Crippen molar-refractivity contribution in [3.05, 3.63) is 24.3 Å². The molecule has 0 radical (unpaired) electrons. The fourth-order valence-electron chi connectivity index (χ4n) is 1.91. The van der Waals surface area contributed by atoms with E-state index in [9.17, 15) is 13.2 Å². The van der Waals surface area contributed by atoms with Crippen LogP contribution in [0.4, 0.5) is 5.69 Å². The van der Waals surface area contributed by atoms with Crippen LogP contribution in [0.2, 0.25) is 0 Å². The summed E-state index contributed by atoms with van der Waals surface area (Å²) in [6, 6.07) is 6.84. The number of esters is 1. The second-order valence-corrected chi connectivity index (χ2v) is 6.91. The molecule has 1 aromatic rings. The number of sulfone groups is 1. The average Bonchev–Trinajstić information content (AvgIpc) is 2.71. The number of ether oxygens (including phenoxy) is 2. The Hall–Kier alpha value is -1.76. The van der Waals surface area contributed by atoms with Crippen LogP contribution in [-0.2, 0) is 19.4 Å². The fraction of sp³-hybridized carbons (Fsp3) is 0.462. The summed E-state index contributed by atoms with van der Waals surface area (Å²) in [5.41, 5.74) is 6.18. The van der Waals surface area contributed by atoms with E-state index in [4.69, 9.17) is 15.2 Å². The number of nitrogens with two attached hydrogens (primary N) is 1. The summed E-state index contributed by atoms with van der Waals surface area (Å²) in [4.78, 5) is 11.5. The molecule has 1 fully saturated rings. The number of rotatable bonds is 5. The summed E-state index contributed by atoms with van der Waals surface area (Å²) in [5, 5.41) is 0. The van der Waals surface area contributed by atoms with E-state index in [0.717, 1.165) is 0 Å². The van der Waals surface area contributed by atoms with Gasteiger partial charge in [0.2, 0.25) is 0 Å². The molecule has 0 amide bonds. The fourth-order valence-corrected chi connectivity index (χ4v) is 3.50. The zero-order valence-electron chi connectivity index (χ0n) is 10.9. The van der Waals surface area contributed by atoms with Crippen LogP contribution >= 0.6 is 0 Å². The predicted molar refractivity (Wildman–Crippen MR) is 74.1 cm³/mol. The van der Waals surface area contributed by atoms with Gasteiger partial charge in [-0.1, -0.05) is 0 Å². The lowest BCUT2D eigenvalue weighted by Crippen LogP contribution is -2.20. The minimum atomic E-state index is -3.03. The molecule has 2 N–H and O–H groups in total. The van der Waals surface area contributed by atoms with Crippen molar-refractivity contribution in [2.24, 2.45) is 0 Å². The van der Waals surface area contributed by atoms with Crippen LogP contribution in [0.15, 0.2) is 24.3 Å². The molecule has 0 aromatic heterocycles. The summed E-state index contributed by atoms with van der Waals surface area (Å²) in [7, 11) is -3.03. The third-order valence-electron chi connectivity index (χ3n) is 2.94. The molecule has 7 heteroatoms. The molecule has 0 saturated carbocycles. The van der Waals surface area contributed by atoms with Gasteiger partial charge in [-0.2, -0.15) is 0 Å². The zero-order valence-corrected chi connectivity index (χ0v) is 11.8. The average molecular weight is 299 g/mol. The van der Waals surface area contributed by atoms with Crippen LogP contribution in [0.25, 0.3) is 0 Å². The minimum Gasteiger partial charge on any atom is -0.493 e.